The third-order valence-electron chi connectivity index (χ3n) is 4.52. The van der Waals surface area contributed by atoms with Crippen molar-refractivity contribution in [2.45, 2.75) is 17.7 Å². The maximum atomic E-state index is 12.5. The number of hydrogen-bond acceptors (Lipinski definition) is 4. The monoisotopic (exact) mass is 401 g/mol. The zero-order valence-electron chi connectivity index (χ0n) is 16.0. The number of rotatable bonds is 7. The van der Waals surface area contributed by atoms with Crippen LogP contribution in [0.1, 0.15) is 12.0 Å². The van der Waals surface area contributed by atoms with Gasteiger partial charge >= 0.3 is 0 Å². The number of carbonyl (C=O) groups is 1. The quantitative estimate of drug-likeness (QED) is 0.637. The molecule has 0 aliphatic heterocycles. The largest absolute Gasteiger partial charge is 0.495 e. The Morgan fingerprint density at radius 2 is 1.93 bits per heavy atom. The van der Waals surface area contributed by atoms with Crippen molar-refractivity contribution in [1.29, 1.82) is 0 Å². The molecule has 0 spiro atoms. The third-order valence-corrected chi connectivity index (χ3v) is 6.33. The van der Waals surface area contributed by atoms with E-state index in [9.17, 15) is 13.2 Å². The second kappa shape index (κ2) is 8.04. The second-order valence-electron chi connectivity index (χ2n) is 6.56. The highest BCUT2D eigenvalue weighted by molar-refractivity contribution is 7.89. The Morgan fingerprint density at radius 1 is 1.18 bits per heavy atom. The zero-order valence-corrected chi connectivity index (χ0v) is 16.8. The SMILES string of the molecule is COc1ccc(S(=O)(=O)N(C)C)cc1NC(=O)CCc1c[nH]c2ccccc12. The van der Waals surface area contributed by atoms with Gasteiger partial charge in [0.2, 0.25) is 15.9 Å². The molecule has 0 saturated carbocycles. The molecule has 28 heavy (non-hydrogen) atoms. The highest BCUT2D eigenvalue weighted by Gasteiger charge is 2.20. The summed E-state index contributed by atoms with van der Waals surface area (Å²) in [4.78, 5) is 15.7. The van der Waals surface area contributed by atoms with E-state index in [-0.39, 0.29) is 17.2 Å². The lowest BCUT2D eigenvalue weighted by atomic mass is 10.1. The number of ether oxygens (including phenoxy) is 1. The fourth-order valence-corrected chi connectivity index (χ4v) is 3.88. The minimum atomic E-state index is -3.61. The number of nitrogens with zero attached hydrogens (tertiary/aromatic N) is 1. The van der Waals surface area contributed by atoms with Crippen molar-refractivity contribution < 1.29 is 17.9 Å². The first kappa shape index (κ1) is 19.9. The summed E-state index contributed by atoms with van der Waals surface area (Å²) in [7, 11) is 0.774. The van der Waals surface area contributed by atoms with Crippen LogP contribution in [0.15, 0.2) is 53.6 Å². The molecule has 2 aromatic carbocycles. The van der Waals surface area contributed by atoms with Crippen LogP contribution in [0.25, 0.3) is 10.9 Å². The molecule has 0 aliphatic carbocycles. The first-order valence-electron chi connectivity index (χ1n) is 8.78. The summed E-state index contributed by atoms with van der Waals surface area (Å²) in [5.74, 6) is 0.182. The van der Waals surface area contributed by atoms with Crippen molar-refractivity contribution in [2.75, 3.05) is 26.5 Å². The number of sulfonamides is 1. The molecular formula is C20H23N3O4S. The van der Waals surface area contributed by atoms with Gasteiger partial charge < -0.3 is 15.0 Å². The Bertz CT molecular complexity index is 1100. The summed E-state index contributed by atoms with van der Waals surface area (Å²) >= 11 is 0. The van der Waals surface area contributed by atoms with Gasteiger partial charge in [-0.05, 0) is 36.2 Å². The van der Waals surface area contributed by atoms with Gasteiger partial charge in [-0.1, -0.05) is 18.2 Å². The number of anilines is 1. The van der Waals surface area contributed by atoms with Gasteiger partial charge in [0.1, 0.15) is 5.75 Å². The van der Waals surface area contributed by atoms with E-state index >= 15 is 0 Å². The van der Waals surface area contributed by atoms with Gasteiger partial charge in [-0.25, -0.2) is 12.7 Å². The number of aromatic amines is 1. The molecule has 2 N–H and O–H groups in total. The predicted molar refractivity (Wildman–Crippen MR) is 109 cm³/mol. The van der Waals surface area contributed by atoms with Crippen LogP contribution in [-0.4, -0.2) is 44.8 Å². The molecule has 1 aromatic heterocycles. The number of fused-ring (bicyclic) bond motifs is 1. The van der Waals surface area contributed by atoms with Crippen molar-refractivity contribution in [1.82, 2.24) is 9.29 Å². The number of hydrogen-bond donors (Lipinski definition) is 2. The summed E-state index contributed by atoms with van der Waals surface area (Å²) in [6.07, 6.45) is 2.73. The van der Waals surface area contributed by atoms with Gasteiger partial charge in [-0.15, -0.1) is 0 Å². The maximum Gasteiger partial charge on any atom is 0.242 e. The number of aromatic nitrogens is 1. The molecule has 1 heterocycles. The van der Waals surface area contributed by atoms with E-state index in [1.807, 2.05) is 30.5 Å². The molecule has 0 radical (unpaired) electrons. The highest BCUT2D eigenvalue weighted by Crippen LogP contribution is 2.29. The summed E-state index contributed by atoms with van der Waals surface area (Å²) in [5, 5.41) is 3.86. The molecule has 3 aromatic rings. The normalized spacial score (nSPS) is 11.7. The summed E-state index contributed by atoms with van der Waals surface area (Å²) in [6, 6.07) is 12.3. The van der Waals surface area contributed by atoms with Crippen LogP contribution >= 0.6 is 0 Å². The van der Waals surface area contributed by atoms with Crippen molar-refractivity contribution in [2.24, 2.45) is 0 Å². The van der Waals surface area contributed by atoms with E-state index in [0.29, 0.717) is 17.9 Å². The first-order chi connectivity index (χ1) is 13.3. The van der Waals surface area contributed by atoms with E-state index in [4.69, 9.17) is 4.74 Å². The molecule has 1 amide bonds. The molecular weight excluding hydrogens is 378 g/mol. The van der Waals surface area contributed by atoms with Gasteiger partial charge in [-0.2, -0.15) is 0 Å². The van der Waals surface area contributed by atoms with Crippen LogP contribution in [0, 0.1) is 0 Å². The van der Waals surface area contributed by atoms with Crippen LogP contribution in [0.5, 0.6) is 5.75 Å². The molecule has 0 fully saturated rings. The fraction of sp³-hybridized carbons (Fsp3) is 0.250. The first-order valence-corrected chi connectivity index (χ1v) is 10.2. The number of methoxy groups -OCH3 is 1. The van der Waals surface area contributed by atoms with Gasteiger partial charge in [0.25, 0.3) is 0 Å². The predicted octanol–water partition coefficient (Wildman–Crippen LogP) is 3.00. The van der Waals surface area contributed by atoms with E-state index < -0.39 is 10.0 Å². The fourth-order valence-electron chi connectivity index (χ4n) is 2.96. The van der Waals surface area contributed by atoms with Crippen LogP contribution in [0.4, 0.5) is 5.69 Å². The molecule has 0 unspecified atom stereocenters. The number of amides is 1. The van der Waals surface area contributed by atoms with E-state index in [0.717, 1.165) is 20.8 Å². The molecule has 0 saturated heterocycles. The Labute approximate surface area is 164 Å². The van der Waals surface area contributed by atoms with Crippen LogP contribution < -0.4 is 10.1 Å². The summed E-state index contributed by atoms with van der Waals surface area (Å²) in [5.41, 5.74) is 2.41. The van der Waals surface area contributed by atoms with Crippen LogP contribution in [0.2, 0.25) is 0 Å². The minimum Gasteiger partial charge on any atom is -0.495 e. The van der Waals surface area contributed by atoms with E-state index in [1.54, 1.807) is 0 Å². The van der Waals surface area contributed by atoms with Crippen molar-refractivity contribution in [3.63, 3.8) is 0 Å². The number of nitrogens with one attached hydrogen (secondary N) is 2. The maximum absolute atomic E-state index is 12.5. The lowest BCUT2D eigenvalue weighted by Crippen LogP contribution is -2.22. The summed E-state index contributed by atoms with van der Waals surface area (Å²) < 4.78 is 31.1. The number of carbonyl (C=O) groups excluding carboxylic acids is 1. The standard InChI is InChI=1S/C20H23N3O4S/c1-23(2)28(25,26)15-9-10-19(27-3)18(12-15)22-20(24)11-8-14-13-21-17-7-5-4-6-16(14)17/h4-7,9-10,12-13,21H,8,11H2,1-3H3,(H,22,24). The zero-order chi connectivity index (χ0) is 20.3. The van der Waals surface area contributed by atoms with Gasteiger partial charge in [0, 0.05) is 37.6 Å². The number of aryl methyl sites for hydroxylation is 1. The molecule has 3 rings (SSSR count). The highest BCUT2D eigenvalue weighted by atomic mass is 32.2. The number of para-hydroxylation sites is 1. The number of H-pyrrole nitrogens is 1. The molecule has 8 heteroatoms. The van der Waals surface area contributed by atoms with Crippen molar-refractivity contribution >= 4 is 32.5 Å². The van der Waals surface area contributed by atoms with Gasteiger partial charge in [0.05, 0.1) is 17.7 Å². The smallest absolute Gasteiger partial charge is 0.242 e. The van der Waals surface area contributed by atoms with Crippen molar-refractivity contribution in [3.8, 4) is 5.75 Å². The molecule has 0 bridgehead atoms. The second-order valence-corrected chi connectivity index (χ2v) is 8.71. The third kappa shape index (κ3) is 4.02. The Hall–Kier alpha value is -2.84. The van der Waals surface area contributed by atoms with Crippen molar-refractivity contribution in [3.05, 3.63) is 54.2 Å². The molecule has 0 aliphatic rings. The van der Waals surface area contributed by atoms with Gasteiger partial charge in [0.15, 0.2) is 0 Å². The van der Waals surface area contributed by atoms with E-state index in [2.05, 4.69) is 10.3 Å². The van der Waals surface area contributed by atoms with Crippen LogP contribution in [-0.2, 0) is 21.2 Å². The topological polar surface area (TPSA) is 91.5 Å². The summed E-state index contributed by atoms with van der Waals surface area (Å²) in [6.45, 7) is 0. The average molecular weight is 401 g/mol. The van der Waals surface area contributed by atoms with Gasteiger partial charge in [-0.3, -0.25) is 4.79 Å². The lowest BCUT2D eigenvalue weighted by molar-refractivity contribution is -0.116. The minimum absolute atomic E-state index is 0.0882. The number of benzene rings is 2. The molecule has 0 atom stereocenters. The van der Waals surface area contributed by atoms with E-state index in [1.165, 1.54) is 39.4 Å². The molecule has 148 valence electrons. The Kier molecular flexibility index (Phi) is 5.71. The lowest BCUT2D eigenvalue weighted by Gasteiger charge is -2.15. The molecule has 7 nitrogen and oxygen atoms in total. The average Bonchev–Trinajstić information content (AvgIpc) is 3.09. The Balaban J connectivity index is 1.76. The Morgan fingerprint density at radius 3 is 2.64 bits per heavy atom. The van der Waals surface area contributed by atoms with Crippen LogP contribution in [0.3, 0.4) is 0 Å².